The minimum absolute atomic E-state index is 0.539. The molecule has 0 aliphatic heterocycles. The third-order valence-corrected chi connectivity index (χ3v) is 4.33. The molecule has 1 heterocycles. The molecule has 0 aliphatic carbocycles. The van der Waals surface area contributed by atoms with Crippen molar-refractivity contribution in [2.75, 3.05) is 7.05 Å². The SMILES string of the molecule is CCC(NC)C(C)Sc1nnc(C)s1. The molecule has 0 amide bonds. The average Bonchev–Trinajstić information content (AvgIpc) is 2.53. The Morgan fingerprint density at radius 2 is 2.21 bits per heavy atom. The first-order valence-electron chi connectivity index (χ1n) is 4.81. The molecule has 1 aromatic rings. The summed E-state index contributed by atoms with van der Waals surface area (Å²) in [5.41, 5.74) is 0. The van der Waals surface area contributed by atoms with Gasteiger partial charge in [0.1, 0.15) is 5.01 Å². The predicted molar refractivity (Wildman–Crippen MR) is 63.1 cm³/mol. The van der Waals surface area contributed by atoms with Crippen molar-refractivity contribution in [3.05, 3.63) is 5.01 Å². The summed E-state index contributed by atoms with van der Waals surface area (Å²) in [6, 6.07) is 0.546. The van der Waals surface area contributed by atoms with E-state index in [1.165, 1.54) is 0 Å². The molecule has 0 fully saturated rings. The molecule has 1 aromatic heterocycles. The van der Waals surface area contributed by atoms with Gasteiger partial charge in [-0.1, -0.05) is 36.9 Å². The van der Waals surface area contributed by atoms with Crippen molar-refractivity contribution in [2.45, 2.75) is 42.8 Å². The van der Waals surface area contributed by atoms with E-state index in [0.717, 1.165) is 15.8 Å². The Hall–Kier alpha value is -0.130. The van der Waals surface area contributed by atoms with Crippen molar-refractivity contribution >= 4 is 23.1 Å². The molecule has 5 heteroatoms. The van der Waals surface area contributed by atoms with Crippen molar-refractivity contribution < 1.29 is 0 Å². The molecule has 0 spiro atoms. The zero-order chi connectivity index (χ0) is 10.6. The monoisotopic (exact) mass is 231 g/mol. The molecule has 0 bridgehead atoms. The number of hydrogen-bond acceptors (Lipinski definition) is 5. The van der Waals surface area contributed by atoms with Gasteiger partial charge in [0.05, 0.1) is 0 Å². The van der Waals surface area contributed by atoms with Gasteiger partial charge in [0.15, 0.2) is 4.34 Å². The summed E-state index contributed by atoms with van der Waals surface area (Å²) < 4.78 is 1.07. The van der Waals surface area contributed by atoms with Crippen LogP contribution in [0.3, 0.4) is 0 Å². The molecule has 3 nitrogen and oxygen atoms in total. The highest BCUT2D eigenvalue weighted by Crippen LogP contribution is 2.28. The van der Waals surface area contributed by atoms with E-state index in [2.05, 4.69) is 29.4 Å². The van der Waals surface area contributed by atoms with E-state index < -0.39 is 0 Å². The Kier molecular flexibility index (Phi) is 4.84. The van der Waals surface area contributed by atoms with Gasteiger partial charge in [0.2, 0.25) is 0 Å². The van der Waals surface area contributed by atoms with Crippen molar-refractivity contribution in [1.29, 1.82) is 0 Å². The van der Waals surface area contributed by atoms with Gasteiger partial charge in [0, 0.05) is 11.3 Å². The van der Waals surface area contributed by atoms with Gasteiger partial charge in [-0.2, -0.15) is 0 Å². The molecule has 0 aliphatic rings. The first-order valence-corrected chi connectivity index (χ1v) is 6.51. The summed E-state index contributed by atoms with van der Waals surface area (Å²) >= 11 is 3.47. The van der Waals surface area contributed by atoms with Gasteiger partial charge in [-0.15, -0.1) is 10.2 Å². The van der Waals surface area contributed by atoms with Crippen molar-refractivity contribution in [3.63, 3.8) is 0 Å². The first-order chi connectivity index (χ1) is 6.67. The highest BCUT2D eigenvalue weighted by atomic mass is 32.2. The van der Waals surface area contributed by atoms with Crippen LogP contribution in [-0.2, 0) is 0 Å². The van der Waals surface area contributed by atoms with E-state index in [9.17, 15) is 0 Å². The molecule has 14 heavy (non-hydrogen) atoms. The molecule has 0 aromatic carbocycles. The van der Waals surface area contributed by atoms with Crippen LogP contribution in [0.4, 0.5) is 0 Å². The van der Waals surface area contributed by atoms with Crippen molar-refractivity contribution in [3.8, 4) is 0 Å². The number of aryl methyl sites for hydroxylation is 1. The van der Waals surface area contributed by atoms with Crippen molar-refractivity contribution in [2.24, 2.45) is 0 Å². The molecule has 80 valence electrons. The third kappa shape index (κ3) is 3.22. The lowest BCUT2D eigenvalue weighted by atomic mass is 10.2. The fraction of sp³-hybridized carbons (Fsp3) is 0.778. The maximum atomic E-state index is 4.11. The van der Waals surface area contributed by atoms with E-state index in [4.69, 9.17) is 0 Å². The largest absolute Gasteiger partial charge is 0.316 e. The van der Waals surface area contributed by atoms with E-state index in [1.54, 1.807) is 23.1 Å². The van der Waals surface area contributed by atoms with Crippen LogP contribution in [0.2, 0.25) is 0 Å². The Morgan fingerprint density at radius 1 is 1.50 bits per heavy atom. The summed E-state index contributed by atoms with van der Waals surface area (Å²) in [5.74, 6) is 0. The maximum Gasteiger partial charge on any atom is 0.174 e. The van der Waals surface area contributed by atoms with Gasteiger partial charge in [-0.25, -0.2) is 0 Å². The summed E-state index contributed by atoms with van der Waals surface area (Å²) in [6.07, 6.45) is 1.14. The summed E-state index contributed by atoms with van der Waals surface area (Å²) in [7, 11) is 2.01. The number of nitrogens with zero attached hydrogens (tertiary/aromatic N) is 2. The number of rotatable bonds is 5. The number of aromatic nitrogens is 2. The fourth-order valence-corrected chi connectivity index (χ4v) is 3.66. The Bertz CT molecular complexity index is 271. The molecule has 0 saturated carbocycles. The summed E-state index contributed by atoms with van der Waals surface area (Å²) in [4.78, 5) is 0. The highest BCUT2D eigenvalue weighted by molar-refractivity contribution is 8.01. The fourth-order valence-electron chi connectivity index (χ4n) is 1.34. The zero-order valence-electron chi connectivity index (χ0n) is 9.07. The molecular formula is C9H17N3S2. The van der Waals surface area contributed by atoms with Gasteiger partial charge in [-0.3, -0.25) is 0 Å². The van der Waals surface area contributed by atoms with Gasteiger partial charge >= 0.3 is 0 Å². The molecule has 2 atom stereocenters. The highest BCUT2D eigenvalue weighted by Gasteiger charge is 2.16. The van der Waals surface area contributed by atoms with E-state index in [1.807, 2.05) is 14.0 Å². The smallest absolute Gasteiger partial charge is 0.174 e. The minimum Gasteiger partial charge on any atom is -0.316 e. The second-order valence-electron chi connectivity index (χ2n) is 3.21. The first kappa shape index (κ1) is 11.9. The summed E-state index contributed by atoms with van der Waals surface area (Å²) in [5, 5.41) is 13.0. The molecule has 0 radical (unpaired) electrons. The van der Waals surface area contributed by atoms with Crippen LogP contribution >= 0.6 is 23.1 Å². The van der Waals surface area contributed by atoms with Crippen LogP contribution in [0.5, 0.6) is 0 Å². The van der Waals surface area contributed by atoms with Crippen LogP contribution < -0.4 is 5.32 Å². The van der Waals surface area contributed by atoms with Crippen LogP contribution in [-0.4, -0.2) is 28.5 Å². The summed E-state index contributed by atoms with van der Waals surface area (Å²) in [6.45, 7) is 6.41. The topological polar surface area (TPSA) is 37.8 Å². The van der Waals surface area contributed by atoms with Gasteiger partial charge in [-0.05, 0) is 20.4 Å². The second kappa shape index (κ2) is 5.68. The number of thioether (sulfide) groups is 1. The predicted octanol–water partition coefficient (Wildman–Crippen LogP) is 2.33. The standard InChI is InChI=1S/C9H17N3S2/c1-5-8(10-4)6(2)13-9-12-11-7(3)14-9/h6,8,10H,5H2,1-4H3. The second-order valence-corrected chi connectivity index (χ2v) is 6.02. The Labute approximate surface area is 93.7 Å². The van der Waals surface area contributed by atoms with Crippen LogP contribution in [0, 0.1) is 6.92 Å². The van der Waals surface area contributed by atoms with Gasteiger partial charge in [0.25, 0.3) is 0 Å². The molecule has 1 N–H and O–H groups in total. The molecular weight excluding hydrogens is 214 g/mol. The zero-order valence-corrected chi connectivity index (χ0v) is 10.7. The van der Waals surface area contributed by atoms with Gasteiger partial charge < -0.3 is 5.32 Å². The minimum atomic E-state index is 0.539. The van der Waals surface area contributed by atoms with Crippen LogP contribution in [0.15, 0.2) is 4.34 Å². The van der Waals surface area contributed by atoms with E-state index in [0.29, 0.717) is 11.3 Å². The lowest BCUT2D eigenvalue weighted by Gasteiger charge is -2.20. The third-order valence-electron chi connectivity index (χ3n) is 2.17. The number of hydrogen-bond donors (Lipinski definition) is 1. The van der Waals surface area contributed by atoms with Crippen LogP contribution in [0.25, 0.3) is 0 Å². The van der Waals surface area contributed by atoms with E-state index >= 15 is 0 Å². The average molecular weight is 231 g/mol. The molecule has 0 saturated heterocycles. The van der Waals surface area contributed by atoms with E-state index in [-0.39, 0.29) is 0 Å². The Balaban J connectivity index is 2.51. The quantitative estimate of drug-likeness (QED) is 0.789. The maximum absolute atomic E-state index is 4.11. The lowest BCUT2D eigenvalue weighted by Crippen LogP contribution is -2.33. The Morgan fingerprint density at radius 3 is 2.64 bits per heavy atom. The van der Waals surface area contributed by atoms with Crippen LogP contribution in [0.1, 0.15) is 25.3 Å². The molecule has 1 rings (SSSR count). The lowest BCUT2D eigenvalue weighted by molar-refractivity contribution is 0.541. The number of nitrogens with one attached hydrogen (secondary N) is 1. The normalized spacial score (nSPS) is 15.4. The molecule has 2 unspecified atom stereocenters. The van der Waals surface area contributed by atoms with Crippen molar-refractivity contribution in [1.82, 2.24) is 15.5 Å².